The Morgan fingerprint density at radius 3 is 2.81 bits per heavy atom. The number of hydrogen-bond acceptors (Lipinski definition) is 7. The van der Waals surface area contributed by atoms with Crippen molar-refractivity contribution < 1.29 is 19.0 Å². The topological polar surface area (TPSA) is 85.0 Å². The molecule has 2 N–H and O–H groups in total. The molecule has 0 radical (unpaired) electrons. The van der Waals surface area contributed by atoms with Gasteiger partial charge in [0.2, 0.25) is 5.88 Å². The maximum atomic E-state index is 12.9. The third-order valence-corrected chi connectivity index (χ3v) is 6.34. The molecular weight excluding hydrogens is 456 g/mol. The van der Waals surface area contributed by atoms with Crippen molar-refractivity contribution in [3.05, 3.63) is 78.5 Å². The van der Waals surface area contributed by atoms with E-state index in [9.17, 15) is 4.79 Å². The quantitative estimate of drug-likeness (QED) is 0.502. The average Bonchev–Trinajstić information content (AvgIpc) is 3.14. The van der Waals surface area contributed by atoms with Gasteiger partial charge in [0.05, 0.1) is 0 Å². The molecule has 0 saturated carbocycles. The highest BCUT2D eigenvalue weighted by atomic mass is 16.6. The number of fused-ring (bicyclic) bond motifs is 1. The zero-order chi connectivity index (χ0) is 24.6. The van der Waals surface area contributed by atoms with Crippen molar-refractivity contribution >= 4 is 5.91 Å². The Morgan fingerprint density at radius 2 is 1.92 bits per heavy atom. The van der Waals surface area contributed by atoms with Crippen molar-refractivity contribution in [3.63, 3.8) is 0 Å². The predicted octanol–water partition coefficient (Wildman–Crippen LogP) is 3.50. The van der Waals surface area contributed by atoms with Crippen molar-refractivity contribution in [3.8, 4) is 23.1 Å². The number of amides is 1. The van der Waals surface area contributed by atoms with Crippen molar-refractivity contribution in [1.82, 2.24) is 20.5 Å². The van der Waals surface area contributed by atoms with Crippen molar-refractivity contribution in [2.24, 2.45) is 0 Å². The Morgan fingerprint density at radius 1 is 1.08 bits per heavy atom. The van der Waals surface area contributed by atoms with Gasteiger partial charge >= 0.3 is 0 Å². The molecule has 1 amide bonds. The van der Waals surface area contributed by atoms with E-state index in [4.69, 9.17) is 14.2 Å². The van der Waals surface area contributed by atoms with Gasteiger partial charge < -0.3 is 24.8 Å². The van der Waals surface area contributed by atoms with Crippen molar-refractivity contribution in [1.29, 1.82) is 0 Å². The fourth-order valence-electron chi connectivity index (χ4n) is 4.58. The maximum Gasteiger partial charge on any atom is 0.256 e. The van der Waals surface area contributed by atoms with Gasteiger partial charge in [0.15, 0.2) is 11.5 Å². The van der Waals surface area contributed by atoms with Crippen LogP contribution in [-0.4, -0.2) is 67.3 Å². The SMILES string of the molecule is O=C(NCCC1CN(CC2COc3ccccc3O2)CCCN1)c1cccnc1Oc1ccccc1. The number of nitrogens with zero attached hydrogens (tertiary/aromatic N) is 2. The van der Waals surface area contributed by atoms with Crippen LogP contribution in [0.25, 0.3) is 0 Å². The first-order valence-corrected chi connectivity index (χ1v) is 12.5. The summed E-state index contributed by atoms with van der Waals surface area (Å²) < 4.78 is 17.9. The monoisotopic (exact) mass is 488 g/mol. The van der Waals surface area contributed by atoms with E-state index in [1.807, 2.05) is 54.6 Å². The van der Waals surface area contributed by atoms with Crippen LogP contribution >= 0.6 is 0 Å². The average molecular weight is 489 g/mol. The Hall–Kier alpha value is -3.62. The number of para-hydroxylation sites is 3. The smallest absolute Gasteiger partial charge is 0.256 e. The number of hydrogen-bond donors (Lipinski definition) is 2. The summed E-state index contributed by atoms with van der Waals surface area (Å²) in [6.45, 7) is 4.78. The lowest BCUT2D eigenvalue weighted by Crippen LogP contribution is -2.45. The van der Waals surface area contributed by atoms with Crippen molar-refractivity contribution in [2.45, 2.75) is 25.0 Å². The Kier molecular flexibility index (Phi) is 7.95. The van der Waals surface area contributed by atoms with Gasteiger partial charge in [0.1, 0.15) is 24.0 Å². The lowest BCUT2D eigenvalue weighted by Gasteiger charge is -2.32. The van der Waals surface area contributed by atoms with E-state index in [-0.39, 0.29) is 18.1 Å². The molecule has 188 valence electrons. The third kappa shape index (κ3) is 6.33. The molecule has 8 nitrogen and oxygen atoms in total. The molecule has 3 aromatic rings. The fraction of sp³-hybridized carbons (Fsp3) is 0.357. The number of carbonyl (C=O) groups is 1. The Labute approximate surface area is 211 Å². The molecule has 2 aromatic carbocycles. The van der Waals surface area contributed by atoms with E-state index in [1.165, 1.54) is 0 Å². The van der Waals surface area contributed by atoms with Crippen LogP contribution in [0.2, 0.25) is 0 Å². The molecular formula is C28H32N4O4. The molecule has 8 heteroatoms. The lowest BCUT2D eigenvalue weighted by atomic mass is 10.1. The van der Waals surface area contributed by atoms with E-state index in [0.717, 1.165) is 50.5 Å². The molecule has 0 aliphatic carbocycles. The minimum atomic E-state index is -0.189. The first-order valence-electron chi connectivity index (χ1n) is 12.5. The van der Waals surface area contributed by atoms with Crippen LogP contribution in [0.4, 0.5) is 0 Å². The third-order valence-electron chi connectivity index (χ3n) is 6.34. The van der Waals surface area contributed by atoms with Gasteiger partial charge in [-0.3, -0.25) is 9.69 Å². The highest BCUT2D eigenvalue weighted by Crippen LogP contribution is 2.31. The lowest BCUT2D eigenvalue weighted by molar-refractivity contribution is 0.0580. The van der Waals surface area contributed by atoms with Crippen LogP contribution < -0.4 is 24.8 Å². The zero-order valence-corrected chi connectivity index (χ0v) is 20.3. The van der Waals surface area contributed by atoms with Crippen LogP contribution in [0.5, 0.6) is 23.1 Å². The minimum absolute atomic E-state index is 0.00645. The second-order valence-corrected chi connectivity index (χ2v) is 9.08. The molecule has 0 spiro atoms. The maximum absolute atomic E-state index is 12.9. The molecule has 5 rings (SSSR count). The van der Waals surface area contributed by atoms with Gasteiger partial charge in [-0.15, -0.1) is 0 Å². The largest absolute Gasteiger partial charge is 0.486 e. The summed E-state index contributed by atoms with van der Waals surface area (Å²) in [5.41, 5.74) is 0.423. The molecule has 36 heavy (non-hydrogen) atoms. The van der Waals surface area contributed by atoms with Crippen LogP contribution in [-0.2, 0) is 0 Å². The van der Waals surface area contributed by atoms with Crippen LogP contribution in [0.1, 0.15) is 23.2 Å². The van der Waals surface area contributed by atoms with E-state index < -0.39 is 0 Å². The molecule has 2 aliphatic rings. The molecule has 1 fully saturated rings. The first kappa shape index (κ1) is 24.1. The molecule has 0 bridgehead atoms. The van der Waals surface area contributed by atoms with Gasteiger partial charge in [0, 0.05) is 31.9 Å². The number of nitrogens with one attached hydrogen (secondary N) is 2. The van der Waals surface area contributed by atoms with E-state index >= 15 is 0 Å². The molecule has 2 unspecified atom stereocenters. The van der Waals surface area contributed by atoms with E-state index in [2.05, 4.69) is 20.5 Å². The summed E-state index contributed by atoms with van der Waals surface area (Å²) >= 11 is 0. The summed E-state index contributed by atoms with van der Waals surface area (Å²) in [7, 11) is 0. The van der Waals surface area contributed by atoms with Crippen LogP contribution in [0, 0.1) is 0 Å². The summed E-state index contributed by atoms with van der Waals surface area (Å²) in [6.07, 6.45) is 3.52. The van der Waals surface area contributed by atoms with Crippen LogP contribution in [0.15, 0.2) is 72.9 Å². The van der Waals surface area contributed by atoms with Gasteiger partial charge in [-0.1, -0.05) is 30.3 Å². The molecule has 3 heterocycles. The fourth-order valence-corrected chi connectivity index (χ4v) is 4.58. The van der Waals surface area contributed by atoms with E-state index in [0.29, 0.717) is 30.3 Å². The van der Waals surface area contributed by atoms with E-state index in [1.54, 1.807) is 18.3 Å². The number of benzene rings is 2. The van der Waals surface area contributed by atoms with Crippen molar-refractivity contribution in [2.75, 3.05) is 39.3 Å². The molecule has 1 saturated heterocycles. The number of ether oxygens (including phenoxy) is 3. The zero-order valence-electron chi connectivity index (χ0n) is 20.3. The van der Waals surface area contributed by atoms with Gasteiger partial charge in [-0.05, 0) is 62.3 Å². The number of rotatable bonds is 8. The molecule has 2 aliphatic heterocycles. The van der Waals surface area contributed by atoms with Gasteiger partial charge in [-0.2, -0.15) is 0 Å². The highest BCUT2D eigenvalue weighted by Gasteiger charge is 2.25. The first-order chi connectivity index (χ1) is 17.7. The normalized spacial score (nSPS) is 19.8. The number of carbonyl (C=O) groups excluding carboxylic acids is 1. The highest BCUT2D eigenvalue weighted by molar-refractivity contribution is 5.96. The molecule has 2 atom stereocenters. The van der Waals surface area contributed by atoms with Crippen LogP contribution in [0.3, 0.4) is 0 Å². The standard InChI is InChI=1S/C28H32N4O4/c33-27(24-10-6-14-31-28(24)36-22-8-2-1-3-9-22)30-16-13-21-18-32(17-7-15-29-21)19-23-20-34-25-11-4-5-12-26(25)35-23/h1-6,8-12,14,21,23,29H,7,13,15-20H2,(H,30,33). The predicted molar refractivity (Wildman–Crippen MR) is 137 cm³/mol. The Balaban J connectivity index is 1.11. The van der Waals surface area contributed by atoms with Gasteiger partial charge in [0.25, 0.3) is 5.91 Å². The number of aromatic nitrogens is 1. The summed E-state index contributed by atoms with van der Waals surface area (Å²) in [4.78, 5) is 19.6. The second-order valence-electron chi connectivity index (χ2n) is 9.08. The summed E-state index contributed by atoms with van der Waals surface area (Å²) in [5, 5.41) is 6.66. The second kappa shape index (κ2) is 11.9. The number of pyridine rings is 1. The summed E-state index contributed by atoms with van der Waals surface area (Å²) in [6, 6.07) is 20.9. The minimum Gasteiger partial charge on any atom is -0.486 e. The molecule has 1 aromatic heterocycles. The summed E-state index contributed by atoms with van der Waals surface area (Å²) in [5.74, 6) is 2.38. The van der Waals surface area contributed by atoms with Gasteiger partial charge in [-0.25, -0.2) is 4.98 Å². The Bertz CT molecular complexity index is 1140.